The summed E-state index contributed by atoms with van der Waals surface area (Å²) in [5.74, 6) is -1.44. The van der Waals surface area contributed by atoms with Gasteiger partial charge in [-0.25, -0.2) is 12.8 Å². The van der Waals surface area contributed by atoms with Crippen LogP contribution < -0.4 is 10.5 Å². The van der Waals surface area contributed by atoms with Crippen LogP contribution in [0.15, 0.2) is 17.0 Å². The van der Waals surface area contributed by atoms with E-state index in [9.17, 15) is 17.6 Å². The van der Waals surface area contributed by atoms with Crippen molar-refractivity contribution >= 4 is 21.7 Å². The molecule has 0 bridgehead atoms. The number of nitrogens with two attached hydrogens (primary N) is 1. The Hall–Kier alpha value is -1.67. The molecule has 0 atom stereocenters. The van der Waals surface area contributed by atoms with Gasteiger partial charge in [-0.2, -0.15) is 4.72 Å². The zero-order valence-electron chi connectivity index (χ0n) is 10.6. The van der Waals surface area contributed by atoms with Crippen LogP contribution in [0, 0.1) is 12.7 Å². The molecule has 19 heavy (non-hydrogen) atoms. The zero-order valence-corrected chi connectivity index (χ0v) is 11.4. The second-order valence-electron chi connectivity index (χ2n) is 3.76. The van der Waals surface area contributed by atoms with Gasteiger partial charge >= 0.3 is 5.97 Å². The van der Waals surface area contributed by atoms with Crippen molar-refractivity contribution < 1.29 is 22.3 Å². The smallest absolute Gasteiger partial charge is 0.321 e. The second-order valence-corrected chi connectivity index (χ2v) is 5.49. The van der Waals surface area contributed by atoms with Crippen molar-refractivity contribution in [2.45, 2.75) is 18.7 Å². The highest BCUT2D eigenvalue weighted by Gasteiger charge is 2.20. The first-order chi connectivity index (χ1) is 8.77. The fourth-order valence-electron chi connectivity index (χ4n) is 1.40. The maximum absolute atomic E-state index is 13.4. The van der Waals surface area contributed by atoms with E-state index in [-0.39, 0.29) is 22.8 Å². The highest BCUT2D eigenvalue weighted by Crippen LogP contribution is 2.21. The number of sulfonamides is 1. The molecule has 0 fully saturated rings. The third kappa shape index (κ3) is 3.90. The minimum absolute atomic E-state index is 0.0143. The number of hydrogen-bond acceptors (Lipinski definition) is 5. The number of hydrogen-bond donors (Lipinski definition) is 2. The summed E-state index contributed by atoms with van der Waals surface area (Å²) in [6.45, 7) is 2.54. The highest BCUT2D eigenvalue weighted by atomic mass is 32.2. The largest absolute Gasteiger partial charge is 0.465 e. The van der Waals surface area contributed by atoms with Gasteiger partial charge in [0.1, 0.15) is 12.4 Å². The molecule has 1 aromatic carbocycles. The highest BCUT2D eigenvalue weighted by molar-refractivity contribution is 7.89. The van der Waals surface area contributed by atoms with Gasteiger partial charge in [0.05, 0.1) is 11.5 Å². The average molecular weight is 290 g/mol. The first kappa shape index (κ1) is 15.4. The number of carbonyl (C=O) groups is 1. The van der Waals surface area contributed by atoms with Crippen LogP contribution in [0.4, 0.5) is 10.1 Å². The number of rotatable bonds is 5. The quantitative estimate of drug-likeness (QED) is 0.610. The summed E-state index contributed by atoms with van der Waals surface area (Å²) in [5, 5.41) is 0. The Balaban J connectivity index is 2.98. The van der Waals surface area contributed by atoms with Gasteiger partial charge < -0.3 is 10.5 Å². The standard InChI is InChI=1S/C11H15FN2O4S/c1-3-18-11(15)6-14-19(16,17)10-5-8(13)4-9(12)7(10)2/h4-5,14H,3,6,13H2,1-2H3. The summed E-state index contributed by atoms with van der Waals surface area (Å²) in [5.41, 5.74) is 5.33. The fraction of sp³-hybridized carbons (Fsp3) is 0.364. The van der Waals surface area contributed by atoms with Gasteiger partial charge in [-0.3, -0.25) is 4.79 Å². The normalized spacial score (nSPS) is 11.3. The lowest BCUT2D eigenvalue weighted by molar-refractivity contribution is -0.141. The predicted molar refractivity (Wildman–Crippen MR) is 67.4 cm³/mol. The average Bonchev–Trinajstić information content (AvgIpc) is 2.31. The third-order valence-corrected chi connectivity index (χ3v) is 3.85. The van der Waals surface area contributed by atoms with Crippen molar-refractivity contribution in [2.24, 2.45) is 0 Å². The minimum Gasteiger partial charge on any atom is -0.465 e. The van der Waals surface area contributed by atoms with Gasteiger partial charge in [0, 0.05) is 11.3 Å². The molecular formula is C11H15FN2O4S. The molecule has 0 aliphatic rings. The Morgan fingerprint density at radius 1 is 1.47 bits per heavy atom. The Labute approximate surface area is 110 Å². The molecule has 0 heterocycles. The second kappa shape index (κ2) is 5.98. The Morgan fingerprint density at radius 3 is 2.68 bits per heavy atom. The number of anilines is 1. The van der Waals surface area contributed by atoms with Crippen LogP contribution in [-0.4, -0.2) is 27.5 Å². The molecule has 0 spiro atoms. The first-order valence-corrected chi connectivity index (χ1v) is 6.97. The molecule has 3 N–H and O–H groups in total. The van der Waals surface area contributed by atoms with E-state index in [1.165, 1.54) is 6.92 Å². The topological polar surface area (TPSA) is 98.5 Å². The number of carbonyl (C=O) groups excluding carboxylic acids is 1. The van der Waals surface area contributed by atoms with Gasteiger partial charge in [0.15, 0.2) is 0 Å². The molecule has 0 radical (unpaired) electrons. The minimum atomic E-state index is -4.02. The van der Waals surface area contributed by atoms with Gasteiger partial charge in [0.25, 0.3) is 0 Å². The van der Waals surface area contributed by atoms with E-state index in [0.717, 1.165) is 12.1 Å². The molecule has 0 saturated carbocycles. The summed E-state index contributed by atoms with van der Waals surface area (Å²) in [6.07, 6.45) is 0. The first-order valence-electron chi connectivity index (χ1n) is 5.49. The van der Waals surface area contributed by atoms with Crippen molar-refractivity contribution in [3.63, 3.8) is 0 Å². The van der Waals surface area contributed by atoms with E-state index in [1.807, 2.05) is 4.72 Å². The number of esters is 1. The van der Waals surface area contributed by atoms with E-state index in [0.29, 0.717) is 0 Å². The Kier molecular flexibility index (Phi) is 4.84. The molecule has 0 amide bonds. The lowest BCUT2D eigenvalue weighted by Crippen LogP contribution is -2.31. The van der Waals surface area contributed by atoms with Gasteiger partial charge in [-0.05, 0) is 26.0 Å². The van der Waals surface area contributed by atoms with Crippen LogP contribution in [-0.2, 0) is 19.6 Å². The van der Waals surface area contributed by atoms with Crippen molar-refractivity contribution in [3.05, 3.63) is 23.5 Å². The number of benzene rings is 1. The van der Waals surface area contributed by atoms with Crippen molar-refractivity contribution in [1.82, 2.24) is 4.72 Å². The van der Waals surface area contributed by atoms with Crippen LogP contribution in [0.5, 0.6) is 0 Å². The van der Waals surface area contributed by atoms with Crippen molar-refractivity contribution in [3.8, 4) is 0 Å². The molecule has 0 aromatic heterocycles. The zero-order chi connectivity index (χ0) is 14.6. The van der Waals surface area contributed by atoms with Crippen LogP contribution in [0.25, 0.3) is 0 Å². The maximum Gasteiger partial charge on any atom is 0.321 e. The molecule has 0 aliphatic heterocycles. The molecule has 0 aliphatic carbocycles. The van der Waals surface area contributed by atoms with Gasteiger partial charge in [-0.1, -0.05) is 0 Å². The summed E-state index contributed by atoms with van der Waals surface area (Å²) < 4.78 is 43.9. The van der Waals surface area contributed by atoms with Crippen LogP contribution in [0.3, 0.4) is 0 Å². The maximum atomic E-state index is 13.4. The fourth-order valence-corrected chi connectivity index (χ4v) is 2.65. The molecule has 0 unspecified atom stereocenters. The Morgan fingerprint density at radius 2 is 2.11 bits per heavy atom. The lowest BCUT2D eigenvalue weighted by atomic mass is 10.2. The van der Waals surface area contributed by atoms with Gasteiger partial charge in [-0.15, -0.1) is 0 Å². The van der Waals surface area contributed by atoms with E-state index in [4.69, 9.17) is 5.73 Å². The number of nitrogens with one attached hydrogen (secondary N) is 1. The van der Waals surface area contributed by atoms with Gasteiger partial charge in [0.2, 0.25) is 10.0 Å². The van der Waals surface area contributed by atoms with Crippen molar-refractivity contribution in [2.75, 3.05) is 18.9 Å². The number of halogens is 1. The summed E-state index contributed by atoms with van der Waals surface area (Å²) in [6, 6.07) is 2.16. The third-order valence-electron chi connectivity index (χ3n) is 2.32. The predicted octanol–water partition coefficient (Wildman–Crippen LogP) is 0.558. The van der Waals surface area contributed by atoms with E-state index in [2.05, 4.69) is 4.74 Å². The molecule has 0 saturated heterocycles. The van der Waals surface area contributed by atoms with E-state index in [1.54, 1.807) is 6.92 Å². The van der Waals surface area contributed by atoms with E-state index < -0.39 is 28.4 Å². The summed E-state index contributed by atoms with van der Waals surface area (Å²) in [7, 11) is -4.02. The number of ether oxygens (including phenoxy) is 1. The van der Waals surface area contributed by atoms with Crippen LogP contribution in [0.2, 0.25) is 0 Å². The monoisotopic (exact) mass is 290 g/mol. The molecule has 6 nitrogen and oxygen atoms in total. The Bertz CT molecular complexity index is 587. The van der Waals surface area contributed by atoms with Crippen molar-refractivity contribution in [1.29, 1.82) is 0 Å². The number of nitrogen functional groups attached to an aromatic ring is 1. The molecular weight excluding hydrogens is 275 g/mol. The van der Waals surface area contributed by atoms with Crippen LogP contribution in [0.1, 0.15) is 12.5 Å². The molecule has 1 aromatic rings. The SMILES string of the molecule is CCOC(=O)CNS(=O)(=O)c1cc(N)cc(F)c1C. The van der Waals surface area contributed by atoms with Crippen LogP contribution >= 0.6 is 0 Å². The van der Waals surface area contributed by atoms with E-state index >= 15 is 0 Å². The molecule has 8 heteroatoms. The molecule has 1 rings (SSSR count). The molecule has 106 valence electrons. The summed E-state index contributed by atoms with van der Waals surface area (Å²) >= 11 is 0. The lowest BCUT2D eigenvalue weighted by Gasteiger charge is -2.10. The summed E-state index contributed by atoms with van der Waals surface area (Å²) in [4.78, 5) is 10.8.